The Morgan fingerprint density at radius 3 is 2.52 bits per heavy atom. The van der Waals surface area contributed by atoms with E-state index in [4.69, 9.17) is 9.15 Å². The number of carbonyl (C=O) groups is 3. The van der Waals surface area contributed by atoms with Crippen LogP contribution in [0.25, 0.3) is 0 Å². The normalized spacial score (nSPS) is 17.2. The summed E-state index contributed by atoms with van der Waals surface area (Å²) >= 11 is 0. The molecule has 1 fully saturated rings. The highest BCUT2D eigenvalue weighted by molar-refractivity contribution is 5.94. The summed E-state index contributed by atoms with van der Waals surface area (Å²) in [5, 5.41) is 0. The summed E-state index contributed by atoms with van der Waals surface area (Å²) in [6.07, 6.45) is 4.28. The standard InChI is InChI=1S/C19H19NO5/c1-13(21)14-4-6-17(7-5-14)25-19(23)15-3-2-9-20(11-15)18(22)16-8-10-24-12-16/h4-8,10,12,15H,2-3,9,11H2,1H3. The Morgan fingerprint density at radius 2 is 1.88 bits per heavy atom. The van der Waals surface area contributed by atoms with E-state index in [1.165, 1.54) is 19.5 Å². The van der Waals surface area contributed by atoms with Crippen LogP contribution in [0.3, 0.4) is 0 Å². The number of hydrogen-bond donors (Lipinski definition) is 0. The molecule has 6 nitrogen and oxygen atoms in total. The van der Waals surface area contributed by atoms with E-state index in [1.807, 2.05) is 0 Å². The van der Waals surface area contributed by atoms with Crippen LogP contribution >= 0.6 is 0 Å². The lowest BCUT2D eigenvalue weighted by Gasteiger charge is -2.31. The summed E-state index contributed by atoms with van der Waals surface area (Å²) in [7, 11) is 0. The van der Waals surface area contributed by atoms with Crippen LogP contribution in [-0.2, 0) is 4.79 Å². The number of hydrogen-bond acceptors (Lipinski definition) is 5. The molecule has 1 atom stereocenters. The van der Waals surface area contributed by atoms with Crippen LogP contribution in [0, 0.1) is 5.92 Å². The second-order valence-corrected chi connectivity index (χ2v) is 6.10. The molecule has 1 aromatic heterocycles. The summed E-state index contributed by atoms with van der Waals surface area (Å²) in [6, 6.07) is 8.07. The number of piperidine rings is 1. The smallest absolute Gasteiger partial charge is 0.316 e. The molecule has 1 aliphatic heterocycles. The fourth-order valence-electron chi connectivity index (χ4n) is 2.88. The van der Waals surface area contributed by atoms with Crippen molar-refractivity contribution in [1.82, 2.24) is 4.90 Å². The lowest BCUT2D eigenvalue weighted by Crippen LogP contribution is -2.43. The number of ether oxygens (including phenoxy) is 1. The topological polar surface area (TPSA) is 76.8 Å². The minimum atomic E-state index is -0.364. The highest BCUT2D eigenvalue weighted by atomic mass is 16.5. The van der Waals surface area contributed by atoms with Crippen molar-refractivity contribution < 1.29 is 23.5 Å². The minimum Gasteiger partial charge on any atom is -0.472 e. The molecule has 1 saturated heterocycles. The zero-order valence-electron chi connectivity index (χ0n) is 13.9. The quantitative estimate of drug-likeness (QED) is 0.485. The number of likely N-dealkylation sites (tertiary alicyclic amines) is 1. The van der Waals surface area contributed by atoms with Gasteiger partial charge in [0.25, 0.3) is 5.91 Å². The Hall–Kier alpha value is -2.89. The van der Waals surface area contributed by atoms with Gasteiger partial charge in [-0.1, -0.05) is 0 Å². The van der Waals surface area contributed by atoms with Crippen LogP contribution in [0.2, 0.25) is 0 Å². The molecule has 2 aromatic rings. The van der Waals surface area contributed by atoms with E-state index in [0.717, 1.165) is 6.42 Å². The van der Waals surface area contributed by atoms with Crippen molar-refractivity contribution in [2.75, 3.05) is 13.1 Å². The third kappa shape index (κ3) is 3.96. The first-order valence-electron chi connectivity index (χ1n) is 8.19. The van der Waals surface area contributed by atoms with Gasteiger partial charge in [0, 0.05) is 18.7 Å². The lowest BCUT2D eigenvalue weighted by atomic mass is 9.97. The van der Waals surface area contributed by atoms with Crippen LogP contribution in [0.4, 0.5) is 0 Å². The third-order valence-corrected chi connectivity index (χ3v) is 4.29. The maximum atomic E-state index is 12.4. The van der Waals surface area contributed by atoms with Crippen molar-refractivity contribution in [2.45, 2.75) is 19.8 Å². The second kappa shape index (κ2) is 7.34. The van der Waals surface area contributed by atoms with Gasteiger partial charge in [-0.3, -0.25) is 14.4 Å². The zero-order valence-corrected chi connectivity index (χ0v) is 13.9. The summed E-state index contributed by atoms with van der Waals surface area (Å²) in [5.74, 6) is -0.513. The number of furan rings is 1. The lowest BCUT2D eigenvalue weighted by molar-refractivity contribution is -0.140. The molecule has 0 saturated carbocycles. The molecule has 3 rings (SSSR count). The Balaban J connectivity index is 1.61. The summed E-state index contributed by atoms with van der Waals surface area (Å²) in [4.78, 5) is 37.7. The molecule has 130 valence electrons. The average molecular weight is 341 g/mol. The van der Waals surface area contributed by atoms with E-state index in [-0.39, 0.29) is 23.6 Å². The molecule has 0 bridgehead atoms. The van der Waals surface area contributed by atoms with Crippen LogP contribution in [0.1, 0.15) is 40.5 Å². The summed E-state index contributed by atoms with van der Waals surface area (Å²) in [6.45, 7) is 2.42. The van der Waals surface area contributed by atoms with E-state index < -0.39 is 0 Å². The van der Waals surface area contributed by atoms with Crippen molar-refractivity contribution >= 4 is 17.7 Å². The number of benzene rings is 1. The molecule has 0 spiro atoms. The van der Waals surface area contributed by atoms with Gasteiger partial charge in [-0.25, -0.2) is 0 Å². The molecule has 0 radical (unpaired) electrons. The first-order valence-corrected chi connectivity index (χ1v) is 8.19. The zero-order chi connectivity index (χ0) is 17.8. The fourth-order valence-corrected chi connectivity index (χ4v) is 2.88. The highest BCUT2D eigenvalue weighted by Gasteiger charge is 2.30. The minimum absolute atomic E-state index is 0.0430. The summed E-state index contributed by atoms with van der Waals surface area (Å²) in [5.41, 5.74) is 1.04. The fraction of sp³-hybridized carbons (Fsp3) is 0.316. The Bertz CT molecular complexity index is 764. The van der Waals surface area contributed by atoms with Crippen LogP contribution < -0.4 is 4.74 Å². The average Bonchev–Trinajstić information content (AvgIpc) is 3.16. The molecular weight excluding hydrogens is 322 g/mol. The molecule has 0 N–H and O–H groups in total. The summed E-state index contributed by atoms with van der Waals surface area (Å²) < 4.78 is 10.3. The number of esters is 1. The highest BCUT2D eigenvalue weighted by Crippen LogP contribution is 2.22. The van der Waals surface area contributed by atoms with Gasteiger partial charge in [-0.15, -0.1) is 0 Å². The van der Waals surface area contributed by atoms with Gasteiger partial charge in [0.2, 0.25) is 0 Å². The predicted molar refractivity (Wildman–Crippen MR) is 89.4 cm³/mol. The SMILES string of the molecule is CC(=O)c1ccc(OC(=O)C2CCCN(C(=O)c3ccoc3)C2)cc1. The predicted octanol–water partition coefficient (Wildman–Crippen LogP) is 2.94. The van der Waals surface area contributed by atoms with Crippen molar-refractivity contribution in [3.63, 3.8) is 0 Å². The molecule has 1 unspecified atom stereocenters. The van der Waals surface area contributed by atoms with Gasteiger partial charge in [-0.05, 0) is 50.1 Å². The monoisotopic (exact) mass is 341 g/mol. The largest absolute Gasteiger partial charge is 0.472 e. The van der Waals surface area contributed by atoms with Gasteiger partial charge in [0.15, 0.2) is 5.78 Å². The van der Waals surface area contributed by atoms with Crippen LogP contribution in [0.15, 0.2) is 47.3 Å². The van der Waals surface area contributed by atoms with Gasteiger partial charge in [0.05, 0.1) is 17.7 Å². The van der Waals surface area contributed by atoms with Gasteiger partial charge in [0.1, 0.15) is 12.0 Å². The van der Waals surface area contributed by atoms with E-state index in [2.05, 4.69) is 0 Å². The van der Waals surface area contributed by atoms with Crippen LogP contribution in [-0.4, -0.2) is 35.6 Å². The third-order valence-electron chi connectivity index (χ3n) is 4.29. The van der Waals surface area contributed by atoms with Crippen molar-refractivity contribution in [3.8, 4) is 5.75 Å². The first kappa shape index (κ1) is 17.0. The van der Waals surface area contributed by atoms with E-state index in [1.54, 1.807) is 35.2 Å². The van der Waals surface area contributed by atoms with Crippen molar-refractivity contribution in [2.24, 2.45) is 5.92 Å². The molecule has 6 heteroatoms. The maximum Gasteiger partial charge on any atom is 0.316 e. The molecular formula is C19H19NO5. The number of nitrogens with zero attached hydrogens (tertiary/aromatic N) is 1. The number of Topliss-reactive ketones (excluding diaryl/α,β-unsaturated/α-hetero) is 1. The van der Waals surface area contributed by atoms with Crippen LogP contribution in [0.5, 0.6) is 5.75 Å². The van der Waals surface area contributed by atoms with Crippen molar-refractivity contribution in [1.29, 1.82) is 0 Å². The Labute approximate surface area is 145 Å². The maximum absolute atomic E-state index is 12.4. The van der Waals surface area contributed by atoms with Crippen molar-refractivity contribution in [3.05, 3.63) is 54.0 Å². The first-order chi connectivity index (χ1) is 12.0. The van der Waals surface area contributed by atoms with Gasteiger partial charge >= 0.3 is 5.97 Å². The van der Waals surface area contributed by atoms with E-state index in [0.29, 0.717) is 36.4 Å². The number of ketones is 1. The molecule has 1 aliphatic rings. The molecule has 2 heterocycles. The second-order valence-electron chi connectivity index (χ2n) is 6.10. The number of carbonyl (C=O) groups excluding carboxylic acids is 3. The van der Waals surface area contributed by atoms with E-state index in [9.17, 15) is 14.4 Å². The Morgan fingerprint density at radius 1 is 1.12 bits per heavy atom. The number of amides is 1. The van der Waals surface area contributed by atoms with Gasteiger partial charge < -0.3 is 14.1 Å². The molecule has 0 aliphatic carbocycles. The molecule has 25 heavy (non-hydrogen) atoms. The number of rotatable bonds is 4. The van der Waals surface area contributed by atoms with E-state index >= 15 is 0 Å². The molecule has 1 amide bonds. The Kier molecular flexibility index (Phi) is 4.97. The molecule has 1 aromatic carbocycles. The van der Waals surface area contributed by atoms with Gasteiger partial charge in [-0.2, -0.15) is 0 Å².